The molecule has 2 fully saturated rings. The Kier molecular flexibility index (Phi) is 10.3. The molecule has 2 N–H and O–H groups in total. The van der Waals surface area contributed by atoms with E-state index in [1.54, 1.807) is 31.4 Å². The van der Waals surface area contributed by atoms with Crippen molar-refractivity contribution in [2.24, 2.45) is 0 Å². The lowest BCUT2D eigenvalue weighted by atomic mass is 9.82. The van der Waals surface area contributed by atoms with Crippen LogP contribution < -0.4 is 15.4 Å². The summed E-state index contributed by atoms with van der Waals surface area (Å²) >= 11 is 5.89. The fourth-order valence-corrected chi connectivity index (χ4v) is 5.90. The van der Waals surface area contributed by atoms with Crippen LogP contribution in [0.2, 0.25) is 5.02 Å². The Hall–Kier alpha value is -2.77. The third kappa shape index (κ3) is 7.87. The normalized spacial score (nSPS) is 21.0. The highest BCUT2D eigenvalue weighted by molar-refractivity contribution is 6.30. The molecule has 8 heteroatoms. The van der Waals surface area contributed by atoms with Gasteiger partial charge in [-0.25, -0.2) is 4.79 Å². The van der Waals surface area contributed by atoms with Crippen LogP contribution in [0.5, 0.6) is 5.75 Å². The number of carbonyl (C=O) groups excluding carboxylic acids is 2. The summed E-state index contributed by atoms with van der Waals surface area (Å²) in [6.45, 7) is 3.76. The van der Waals surface area contributed by atoms with Crippen LogP contribution in [0.3, 0.4) is 0 Å². The molecule has 2 heterocycles. The number of carbonyl (C=O) groups is 2. The molecule has 2 atom stereocenters. The number of hydrogen-bond donors (Lipinski definition) is 2. The summed E-state index contributed by atoms with van der Waals surface area (Å²) in [5, 5.41) is 6.49. The number of ether oxygens (including phenoxy) is 2. The van der Waals surface area contributed by atoms with Crippen LogP contribution in [0.25, 0.3) is 0 Å². The number of aryl methyl sites for hydroxylation is 1. The Morgan fingerprint density at radius 1 is 1.00 bits per heavy atom. The van der Waals surface area contributed by atoms with E-state index in [1.165, 1.54) is 19.3 Å². The quantitative estimate of drug-likeness (QED) is 0.314. The molecule has 2 aliphatic heterocycles. The first-order chi connectivity index (χ1) is 18.4. The van der Waals surface area contributed by atoms with Crippen molar-refractivity contribution in [1.82, 2.24) is 10.2 Å². The number of amides is 2. The van der Waals surface area contributed by atoms with E-state index < -0.39 is 6.09 Å². The second-order valence-electron chi connectivity index (χ2n) is 10.5. The predicted molar refractivity (Wildman–Crippen MR) is 151 cm³/mol. The maximum absolute atomic E-state index is 12.7. The van der Waals surface area contributed by atoms with Gasteiger partial charge in [-0.2, -0.15) is 0 Å². The van der Waals surface area contributed by atoms with Crippen molar-refractivity contribution in [3.05, 3.63) is 58.6 Å². The molecular weight excluding hydrogens is 502 g/mol. The molecule has 2 aliphatic rings. The van der Waals surface area contributed by atoms with Gasteiger partial charge in [0.1, 0.15) is 11.9 Å². The average Bonchev–Trinajstić information content (AvgIpc) is 2.88. The Bertz CT molecular complexity index is 1060. The lowest BCUT2D eigenvalue weighted by molar-refractivity contribution is -0.0308. The Morgan fingerprint density at radius 3 is 2.42 bits per heavy atom. The summed E-state index contributed by atoms with van der Waals surface area (Å²) in [7, 11) is 1.60. The molecule has 2 amide bonds. The highest BCUT2D eigenvalue weighted by atomic mass is 35.5. The summed E-state index contributed by atoms with van der Waals surface area (Å²) in [6, 6.07) is 13.6. The lowest BCUT2D eigenvalue weighted by Crippen LogP contribution is -2.54. The fourth-order valence-electron chi connectivity index (χ4n) is 5.78. The number of rotatable bonds is 11. The van der Waals surface area contributed by atoms with Gasteiger partial charge in [0.2, 0.25) is 0 Å². The maximum atomic E-state index is 12.7. The van der Waals surface area contributed by atoms with Gasteiger partial charge in [0, 0.05) is 42.1 Å². The van der Waals surface area contributed by atoms with E-state index in [4.69, 9.17) is 21.1 Å². The minimum absolute atomic E-state index is 0.0497. The number of methoxy groups -OCH3 is 1. The molecule has 2 unspecified atom stereocenters. The summed E-state index contributed by atoms with van der Waals surface area (Å²) < 4.78 is 11.2. The topological polar surface area (TPSA) is 79.9 Å². The zero-order valence-corrected chi connectivity index (χ0v) is 23.3. The smallest absolute Gasteiger partial charge is 0.412 e. The van der Waals surface area contributed by atoms with Gasteiger partial charge in [-0.15, -0.1) is 0 Å². The minimum atomic E-state index is -0.409. The maximum Gasteiger partial charge on any atom is 0.412 e. The molecule has 0 spiro atoms. The Morgan fingerprint density at radius 2 is 1.71 bits per heavy atom. The summed E-state index contributed by atoms with van der Waals surface area (Å²) in [6.07, 6.45) is 9.28. The molecule has 0 aliphatic carbocycles. The first kappa shape index (κ1) is 28.2. The lowest BCUT2D eigenvalue weighted by Gasteiger charge is -2.48. The third-order valence-corrected chi connectivity index (χ3v) is 7.94. The number of fused-ring (bicyclic) bond motifs is 2. The van der Waals surface area contributed by atoms with Gasteiger partial charge in [0.15, 0.2) is 0 Å². The molecule has 38 heavy (non-hydrogen) atoms. The Balaban J connectivity index is 1.14. The van der Waals surface area contributed by atoms with Crippen LogP contribution in [0.1, 0.15) is 73.7 Å². The van der Waals surface area contributed by atoms with Crippen molar-refractivity contribution in [3.8, 4) is 5.75 Å². The van der Waals surface area contributed by atoms with Gasteiger partial charge in [-0.1, -0.05) is 36.9 Å². The highest BCUT2D eigenvalue weighted by Gasteiger charge is 2.39. The third-order valence-electron chi connectivity index (χ3n) is 7.68. The van der Waals surface area contributed by atoms with Crippen molar-refractivity contribution in [2.75, 3.05) is 25.5 Å². The van der Waals surface area contributed by atoms with E-state index in [9.17, 15) is 9.59 Å². The second-order valence-corrected chi connectivity index (χ2v) is 10.9. The van der Waals surface area contributed by atoms with Crippen molar-refractivity contribution in [3.63, 3.8) is 0 Å². The van der Waals surface area contributed by atoms with Crippen molar-refractivity contribution in [1.29, 1.82) is 0 Å². The summed E-state index contributed by atoms with van der Waals surface area (Å²) in [4.78, 5) is 27.5. The molecule has 0 aromatic heterocycles. The monoisotopic (exact) mass is 541 g/mol. The molecule has 2 saturated heterocycles. The molecule has 2 aromatic rings. The summed E-state index contributed by atoms with van der Waals surface area (Å²) in [5.74, 6) is 0.578. The number of piperidine rings is 2. The van der Waals surface area contributed by atoms with E-state index in [0.717, 1.165) is 50.6 Å². The molecule has 206 valence electrons. The molecule has 7 nitrogen and oxygen atoms in total. The number of hydrogen-bond acceptors (Lipinski definition) is 5. The van der Waals surface area contributed by atoms with Crippen LogP contribution in [0.4, 0.5) is 10.5 Å². The average molecular weight is 542 g/mol. The van der Waals surface area contributed by atoms with Crippen LogP contribution in [0.15, 0.2) is 42.5 Å². The van der Waals surface area contributed by atoms with E-state index in [1.807, 2.05) is 25.1 Å². The second kappa shape index (κ2) is 13.9. The van der Waals surface area contributed by atoms with Gasteiger partial charge in [0.05, 0.1) is 12.8 Å². The standard InChI is InChI=1S/C30H40ClN3O4/c1-21-10-15-28(37-2)27(18-21)33-30(36)38-26-19-24-8-7-9-25(20-26)34(24)17-6-4-3-5-16-32-29(35)22-11-13-23(31)14-12-22/h10-15,18,24-26H,3-9,16-17,19-20H2,1-2H3,(H,32,35)(H,33,36). The van der Waals surface area contributed by atoms with E-state index in [2.05, 4.69) is 15.5 Å². The zero-order valence-electron chi connectivity index (χ0n) is 22.5. The molecule has 2 bridgehead atoms. The van der Waals surface area contributed by atoms with E-state index in [-0.39, 0.29) is 12.0 Å². The Labute approximate surface area is 231 Å². The van der Waals surface area contributed by atoms with Gasteiger partial charge >= 0.3 is 6.09 Å². The number of nitrogens with zero attached hydrogens (tertiary/aromatic N) is 1. The molecule has 2 aromatic carbocycles. The van der Waals surface area contributed by atoms with Gasteiger partial charge < -0.3 is 14.8 Å². The molecule has 0 saturated carbocycles. The van der Waals surface area contributed by atoms with Crippen molar-refractivity contribution >= 4 is 29.3 Å². The van der Waals surface area contributed by atoms with Crippen molar-refractivity contribution in [2.45, 2.75) is 82.9 Å². The summed E-state index contributed by atoms with van der Waals surface area (Å²) in [5.41, 5.74) is 2.33. The number of nitrogens with one attached hydrogen (secondary N) is 2. The predicted octanol–water partition coefficient (Wildman–Crippen LogP) is 6.58. The van der Waals surface area contributed by atoms with Gasteiger partial charge in [0.25, 0.3) is 5.91 Å². The highest BCUT2D eigenvalue weighted by Crippen LogP contribution is 2.36. The number of benzene rings is 2. The molecule has 4 rings (SSSR count). The zero-order chi connectivity index (χ0) is 26.9. The van der Waals surface area contributed by atoms with Gasteiger partial charge in [-0.05, 0) is 81.1 Å². The van der Waals surface area contributed by atoms with E-state index in [0.29, 0.717) is 40.7 Å². The first-order valence-corrected chi connectivity index (χ1v) is 14.2. The molecular formula is C30H40ClN3O4. The SMILES string of the molecule is COc1ccc(C)cc1NC(=O)OC1CC2CCCC(C1)N2CCCCCCNC(=O)c1ccc(Cl)cc1. The van der Waals surface area contributed by atoms with Crippen LogP contribution >= 0.6 is 11.6 Å². The minimum Gasteiger partial charge on any atom is -0.495 e. The van der Waals surface area contributed by atoms with Crippen LogP contribution in [-0.4, -0.2) is 55.3 Å². The largest absolute Gasteiger partial charge is 0.495 e. The molecule has 0 radical (unpaired) electrons. The number of halogens is 1. The van der Waals surface area contributed by atoms with Crippen LogP contribution in [-0.2, 0) is 4.74 Å². The number of anilines is 1. The van der Waals surface area contributed by atoms with Gasteiger partial charge in [-0.3, -0.25) is 15.0 Å². The van der Waals surface area contributed by atoms with Crippen LogP contribution in [0, 0.1) is 6.92 Å². The first-order valence-electron chi connectivity index (χ1n) is 13.8. The fraction of sp³-hybridized carbons (Fsp3) is 0.533. The van der Waals surface area contributed by atoms with Crippen molar-refractivity contribution < 1.29 is 19.1 Å². The van der Waals surface area contributed by atoms with E-state index >= 15 is 0 Å². The number of unbranched alkanes of at least 4 members (excludes halogenated alkanes) is 3.